The van der Waals surface area contributed by atoms with Crippen LogP contribution < -0.4 is 5.56 Å². The fourth-order valence-corrected chi connectivity index (χ4v) is 5.70. The van der Waals surface area contributed by atoms with Gasteiger partial charge in [0.15, 0.2) is 6.73 Å². The number of carbonyl (C=O) groups excluding carboxylic acids is 1. The van der Waals surface area contributed by atoms with E-state index in [9.17, 15) is 18.0 Å². The van der Waals surface area contributed by atoms with Gasteiger partial charge in [-0.1, -0.05) is 31.2 Å². The summed E-state index contributed by atoms with van der Waals surface area (Å²) in [7, 11) is -3.63. The standard InChI is InChI=1S/C22H24N4O5S/c1-15-11-16(2)13-25(12-15)32(29,30)18-9-7-17(8-10-18)22(28)31-14-26-21(27)19-5-3-4-6-20(19)23-24-26/h3-10,15-16H,11-14H2,1-2H3. The molecule has 1 aliphatic heterocycles. The highest BCUT2D eigenvalue weighted by atomic mass is 32.2. The zero-order chi connectivity index (χ0) is 22.9. The topological polar surface area (TPSA) is 111 Å². The molecule has 1 aromatic heterocycles. The van der Waals surface area contributed by atoms with E-state index in [1.165, 1.54) is 28.6 Å². The predicted octanol–water partition coefficient (Wildman–Crippen LogP) is 2.27. The molecule has 1 fully saturated rings. The van der Waals surface area contributed by atoms with Crippen molar-refractivity contribution >= 4 is 26.9 Å². The molecule has 2 aromatic carbocycles. The van der Waals surface area contributed by atoms with Crippen LogP contribution in [0.2, 0.25) is 0 Å². The number of aromatic nitrogens is 3. The highest BCUT2D eigenvalue weighted by Crippen LogP contribution is 2.26. The summed E-state index contributed by atoms with van der Waals surface area (Å²) in [5.74, 6) is -0.107. The van der Waals surface area contributed by atoms with Gasteiger partial charge < -0.3 is 4.74 Å². The van der Waals surface area contributed by atoms with E-state index in [0.29, 0.717) is 35.8 Å². The summed E-state index contributed by atoms with van der Waals surface area (Å²) in [4.78, 5) is 25.0. The van der Waals surface area contributed by atoms with Crippen molar-refractivity contribution in [3.05, 3.63) is 64.4 Å². The summed E-state index contributed by atoms with van der Waals surface area (Å²) in [5.41, 5.74) is 0.204. The van der Waals surface area contributed by atoms with Crippen LogP contribution in [-0.2, 0) is 21.5 Å². The minimum Gasteiger partial charge on any atom is -0.439 e. The van der Waals surface area contributed by atoms with Gasteiger partial charge in [0, 0.05) is 13.1 Å². The molecule has 9 nitrogen and oxygen atoms in total. The lowest BCUT2D eigenvalue weighted by Crippen LogP contribution is -2.42. The molecule has 0 radical (unpaired) electrons. The smallest absolute Gasteiger partial charge is 0.339 e. The maximum atomic E-state index is 13.0. The first-order valence-electron chi connectivity index (χ1n) is 10.4. The number of carbonyl (C=O) groups is 1. The Labute approximate surface area is 185 Å². The molecule has 4 rings (SSSR count). The lowest BCUT2D eigenvalue weighted by atomic mass is 9.94. The van der Waals surface area contributed by atoms with Gasteiger partial charge in [0.2, 0.25) is 10.0 Å². The molecule has 0 amide bonds. The van der Waals surface area contributed by atoms with Crippen LogP contribution >= 0.6 is 0 Å². The van der Waals surface area contributed by atoms with Crippen molar-refractivity contribution in [2.24, 2.45) is 11.8 Å². The number of sulfonamides is 1. The second-order valence-electron chi connectivity index (χ2n) is 8.26. The maximum Gasteiger partial charge on any atom is 0.339 e. The molecule has 2 atom stereocenters. The number of piperidine rings is 1. The van der Waals surface area contributed by atoms with Crippen LogP contribution in [0.3, 0.4) is 0 Å². The van der Waals surface area contributed by atoms with Crippen molar-refractivity contribution in [2.45, 2.75) is 31.9 Å². The van der Waals surface area contributed by atoms with E-state index in [0.717, 1.165) is 11.1 Å². The van der Waals surface area contributed by atoms with E-state index in [4.69, 9.17) is 4.74 Å². The van der Waals surface area contributed by atoms with Gasteiger partial charge in [0.05, 0.1) is 15.8 Å². The van der Waals surface area contributed by atoms with Crippen molar-refractivity contribution in [1.82, 2.24) is 19.3 Å². The summed E-state index contributed by atoms with van der Waals surface area (Å²) in [5, 5.41) is 8.08. The molecule has 0 spiro atoms. The van der Waals surface area contributed by atoms with Gasteiger partial charge in [-0.05, 0) is 54.7 Å². The summed E-state index contributed by atoms with van der Waals surface area (Å²) >= 11 is 0. The molecule has 10 heteroatoms. The molecule has 2 unspecified atom stereocenters. The Bertz CT molecular complexity index is 1290. The maximum absolute atomic E-state index is 13.0. The van der Waals surface area contributed by atoms with Crippen LogP contribution in [0.15, 0.2) is 58.2 Å². The Kier molecular flexibility index (Phi) is 6.07. The molecular weight excluding hydrogens is 432 g/mol. The summed E-state index contributed by atoms with van der Waals surface area (Å²) in [6.45, 7) is 4.65. The monoisotopic (exact) mass is 456 g/mol. The van der Waals surface area contributed by atoms with Crippen LogP contribution in [0.5, 0.6) is 0 Å². The van der Waals surface area contributed by atoms with Gasteiger partial charge in [-0.25, -0.2) is 13.2 Å². The SMILES string of the molecule is CC1CC(C)CN(S(=O)(=O)c2ccc(C(=O)OCn3nnc4ccccc4c3=O)cc2)C1. The normalized spacial score (nSPS) is 19.7. The van der Waals surface area contributed by atoms with Gasteiger partial charge in [-0.2, -0.15) is 8.99 Å². The zero-order valence-corrected chi connectivity index (χ0v) is 18.7. The molecule has 2 heterocycles. The van der Waals surface area contributed by atoms with Gasteiger partial charge in [-0.3, -0.25) is 4.79 Å². The molecule has 168 valence electrons. The second kappa shape index (κ2) is 8.79. The van der Waals surface area contributed by atoms with E-state index < -0.39 is 28.3 Å². The fraction of sp³-hybridized carbons (Fsp3) is 0.364. The molecule has 32 heavy (non-hydrogen) atoms. The largest absolute Gasteiger partial charge is 0.439 e. The van der Waals surface area contributed by atoms with E-state index in [2.05, 4.69) is 10.3 Å². The summed E-state index contributed by atoms with van der Waals surface area (Å²) < 4.78 is 33.6. The van der Waals surface area contributed by atoms with Crippen LogP contribution in [-0.4, -0.2) is 46.8 Å². The molecule has 3 aromatic rings. The van der Waals surface area contributed by atoms with Crippen LogP contribution in [0, 0.1) is 11.8 Å². The highest BCUT2D eigenvalue weighted by molar-refractivity contribution is 7.89. The van der Waals surface area contributed by atoms with Gasteiger partial charge in [0.25, 0.3) is 5.56 Å². The van der Waals surface area contributed by atoms with E-state index in [1.807, 2.05) is 13.8 Å². The van der Waals surface area contributed by atoms with E-state index in [-0.39, 0.29) is 10.5 Å². The lowest BCUT2D eigenvalue weighted by Gasteiger charge is -2.34. The first-order chi connectivity index (χ1) is 15.3. The Hall–Kier alpha value is -3.11. The number of hydrogen-bond donors (Lipinski definition) is 0. The molecule has 0 bridgehead atoms. The summed E-state index contributed by atoms with van der Waals surface area (Å²) in [6, 6.07) is 12.4. The van der Waals surface area contributed by atoms with Crippen molar-refractivity contribution < 1.29 is 17.9 Å². The third kappa shape index (κ3) is 4.42. The first-order valence-corrected chi connectivity index (χ1v) is 11.8. The molecule has 1 saturated heterocycles. The van der Waals surface area contributed by atoms with Crippen molar-refractivity contribution in [2.75, 3.05) is 13.1 Å². The Balaban J connectivity index is 1.46. The fourth-order valence-electron chi connectivity index (χ4n) is 4.03. The Morgan fingerprint density at radius 2 is 1.72 bits per heavy atom. The Morgan fingerprint density at radius 1 is 1.06 bits per heavy atom. The van der Waals surface area contributed by atoms with Gasteiger partial charge >= 0.3 is 5.97 Å². The van der Waals surface area contributed by atoms with Crippen molar-refractivity contribution in [3.8, 4) is 0 Å². The van der Waals surface area contributed by atoms with E-state index >= 15 is 0 Å². The average Bonchev–Trinajstić information content (AvgIpc) is 2.78. The number of ether oxygens (including phenoxy) is 1. The van der Waals surface area contributed by atoms with Gasteiger partial charge in [-0.15, -0.1) is 5.10 Å². The third-order valence-electron chi connectivity index (χ3n) is 5.51. The number of fused-ring (bicyclic) bond motifs is 1. The quantitative estimate of drug-likeness (QED) is 0.542. The van der Waals surface area contributed by atoms with Gasteiger partial charge in [0.1, 0.15) is 5.52 Å². The van der Waals surface area contributed by atoms with Crippen LogP contribution in [0.1, 0.15) is 30.6 Å². The summed E-state index contributed by atoms with van der Waals surface area (Å²) in [6.07, 6.45) is 1.00. The third-order valence-corrected chi connectivity index (χ3v) is 7.36. The van der Waals surface area contributed by atoms with E-state index in [1.54, 1.807) is 24.3 Å². The molecule has 1 aliphatic rings. The predicted molar refractivity (Wildman–Crippen MR) is 117 cm³/mol. The minimum absolute atomic E-state index is 0.131. The lowest BCUT2D eigenvalue weighted by molar-refractivity contribution is 0.0336. The number of hydrogen-bond acceptors (Lipinski definition) is 7. The van der Waals surface area contributed by atoms with Crippen LogP contribution in [0.25, 0.3) is 10.9 Å². The molecule has 0 aliphatic carbocycles. The number of rotatable bonds is 5. The molecular formula is C22H24N4O5S. The van der Waals surface area contributed by atoms with Crippen LogP contribution in [0.4, 0.5) is 0 Å². The Morgan fingerprint density at radius 3 is 2.41 bits per heavy atom. The number of benzene rings is 2. The first kappa shape index (κ1) is 22.1. The number of esters is 1. The minimum atomic E-state index is -3.63. The number of nitrogens with zero attached hydrogens (tertiary/aromatic N) is 4. The zero-order valence-electron chi connectivity index (χ0n) is 17.8. The van der Waals surface area contributed by atoms with Crippen molar-refractivity contribution in [1.29, 1.82) is 0 Å². The molecule has 0 saturated carbocycles. The second-order valence-corrected chi connectivity index (χ2v) is 10.2. The average molecular weight is 457 g/mol. The van der Waals surface area contributed by atoms with Crippen molar-refractivity contribution in [3.63, 3.8) is 0 Å². The highest BCUT2D eigenvalue weighted by Gasteiger charge is 2.31. The molecule has 0 N–H and O–H groups in total.